The molecule has 2 heterocycles. The fourth-order valence-corrected chi connectivity index (χ4v) is 6.65. The molecule has 2 saturated heterocycles. The Balaban J connectivity index is 1.55. The number of nitrogens with one attached hydrogen (secondary N) is 1. The van der Waals surface area contributed by atoms with Crippen molar-refractivity contribution in [1.29, 1.82) is 0 Å². The van der Waals surface area contributed by atoms with E-state index in [4.69, 9.17) is 47.6 Å². The number of carbonyl (C=O) groups is 1. The second-order valence-electron chi connectivity index (χ2n) is 12.6. The SMILES string of the molecule is NCCCN[C@@H]1CC[C@@H](CN)O[C@@H]1OC1[C@@H](N)C[C@@H](CC(=O)C2(O)CC(N)C2)[C@H](O[C@H]2O[C@H](CO)[C@@H](O)[C@H](N)[C@H]2O)[C@H]1O. The molecular weight excluding hydrogens is 568 g/mol. The fraction of sp³-hybridized carbons (Fsp3) is 0.963. The first kappa shape index (κ1) is 34.9. The molecule has 2 aliphatic heterocycles. The van der Waals surface area contributed by atoms with Crippen molar-refractivity contribution in [1.82, 2.24) is 5.32 Å². The van der Waals surface area contributed by atoms with Crippen LogP contribution in [0.3, 0.4) is 0 Å². The third-order valence-corrected chi connectivity index (χ3v) is 9.33. The molecule has 0 spiro atoms. The Labute approximate surface area is 251 Å². The van der Waals surface area contributed by atoms with Crippen LogP contribution in [0.25, 0.3) is 0 Å². The number of carbonyl (C=O) groups excluding carboxylic acids is 1. The molecule has 4 aliphatic rings. The number of hydrogen-bond donors (Lipinski definition) is 11. The lowest BCUT2D eigenvalue weighted by atomic mass is 9.69. The van der Waals surface area contributed by atoms with Crippen molar-refractivity contribution in [2.75, 3.05) is 26.2 Å². The number of hydrogen-bond acceptors (Lipinski definition) is 16. The highest BCUT2D eigenvalue weighted by atomic mass is 16.7. The van der Waals surface area contributed by atoms with E-state index in [9.17, 15) is 30.3 Å². The molecule has 0 aromatic rings. The van der Waals surface area contributed by atoms with Gasteiger partial charge in [-0.15, -0.1) is 0 Å². The second kappa shape index (κ2) is 15.1. The van der Waals surface area contributed by atoms with Crippen LogP contribution < -0.4 is 34.0 Å². The average molecular weight is 621 g/mol. The van der Waals surface area contributed by atoms with Crippen molar-refractivity contribution in [3.8, 4) is 0 Å². The van der Waals surface area contributed by atoms with Gasteiger partial charge in [0.15, 0.2) is 18.4 Å². The van der Waals surface area contributed by atoms with Gasteiger partial charge in [-0.3, -0.25) is 4.79 Å². The molecule has 250 valence electrons. The minimum absolute atomic E-state index is 0.125. The first-order chi connectivity index (χ1) is 20.4. The van der Waals surface area contributed by atoms with Gasteiger partial charge in [-0.2, -0.15) is 0 Å². The quantitative estimate of drug-likeness (QED) is 0.0857. The highest BCUT2D eigenvalue weighted by Crippen LogP contribution is 2.39. The zero-order valence-electron chi connectivity index (χ0n) is 24.5. The zero-order chi connectivity index (χ0) is 31.5. The molecule has 13 atom stereocenters. The summed E-state index contributed by atoms with van der Waals surface area (Å²) in [6.07, 6.45) is -7.81. The molecular formula is C27H52N6O10. The monoisotopic (exact) mass is 620 g/mol. The number of ether oxygens (including phenoxy) is 4. The van der Waals surface area contributed by atoms with E-state index in [1.54, 1.807) is 0 Å². The van der Waals surface area contributed by atoms with E-state index in [2.05, 4.69) is 5.32 Å². The number of nitrogens with two attached hydrogens (primary N) is 5. The topological polar surface area (TPSA) is 297 Å². The molecule has 4 rings (SSSR count). The Morgan fingerprint density at radius 1 is 0.953 bits per heavy atom. The summed E-state index contributed by atoms with van der Waals surface area (Å²) in [6.45, 7) is 0.831. The Bertz CT molecular complexity index is 898. The number of ketones is 1. The minimum Gasteiger partial charge on any atom is -0.394 e. The lowest BCUT2D eigenvalue weighted by Gasteiger charge is -2.49. The van der Waals surface area contributed by atoms with Crippen LogP contribution in [0.1, 0.15) is 44.9 Å². The number of aliphatic hydroxyl groups excluding tert-OH is 4. The van der Waals surface area contributed by atoms with E-state index < -0.39 is 85.2 Å². The van der Waals surface area contributed by atoms with Crippen LogP contribution >= 0.6 is 0 Å². The van der Waals surface area contributed by atoms with Crippen molar-refractivity contribution in [2.24, 2.45) is 34.6 Å². The van der Waals surface area contributed by atoms with Gasteiger partial charge in [0.1, 0.15) is 36.1 Å². The van der Waals surface area contributed by atoms with Crippen LogP contribution in [0.4, 0.5) is 0 Å². The van der Waals surface area contributed by atoms with Gasteiger partial charge in [-0.1, -0.05) is 0 Å². The van der Waals surface area contributed by atoms with Crippen molar-refractivity contribution < 1.29 is 49.3 Å². The summed E-state index contributed by atoms with van der Waals surface area (Å²) >= 11 is 0. The number of aliphatic hydroxyl groups is 5. The van der Waals surface area contributed by atoms with Crippen LogP contribution in [0.5, 0.6) is 0 Å². The standard InChI is InChI=1S/C27H52N6O10/c28-4-1-5-33-16-3-2-14(10-29)40-25(16)43-24-15(31)6-12(7-18(35)27(39)8-13(30)9-27)23(22(24)38)42-26-21(37)19(32)20(36)17(11-34)41-26/h12-17,19-26,33-34,36-39H,1-11,28-32H2/t12-,13?,14-,15-,16+,17+,19-,20+,21+,22+,23-,24?,25+,26+,27?/m0/s1. The van der Waals surface area contributed by atoms with Gasteiger partial charge < -0.3 is 78.5 Å². The predicted molar refractivity (Wildman–Crippen MR) is 152 cm³/mol. The van der Waals surface area contributed by atoms with Gasteiger partial charge in [-0.25, -0.2) is 0 Å². The first-order valence-corrected chi connectivity index (χ1v) is 15.3. The Morgan fingerprint density at radius 2 is 1.65 bits per heavy atom. The molecule has 0 amide bonds. The molecule has 0 aromatic carbocycles. The Morgan fingerprint density at radius 3 is 2.28 bits per heavy atom. The lowest BCUT2D eigenvalue weighted by molar-refractivity contribution is -0.318. The molecule has 43 heavy (non-hydrogen) atoms. The third kappa shape index (κ3) is 7.90. The van der Waals surface area contributed by atoms with Crippen LogP contribution in [-0.2, 0) is 23.7 Å². The number of Topliss-reactive ketones (excluding diaryl/α,β-unsaturated/α-hetero) is 1. The van der Waals surface area contributed by atoms with Crippen molar-refractivity contribution in [3.63, 3.8) is 0 Å². The van der Waals surface area contributed by atoms with E-state index in [1.807, 2.05) is 0 Å². The van der Waals surface area contributed by atoms with Gasteiger partial charge in [0.25, 0.3) is 0 Å². The first-order valence-electron chi connectivity index (χ1n) is 15.3. The molecule has 1 unspecified atom stereocenters. The maximum Gasteiger partial charge on any atom is 0.186 e. The smallest absolute Gasteiger partial charge is 0.186 e. The predicted octanol–water partition coefficient (Wildman–Crippen LogP) is -5.19. The van der Waals surface area contributed by atoms with Gasteiger partial charge in [0.2, 0.25) is 0 Å². The molecule has 0 bridgehead atoms. The highest BCUT2D eigenvalue weighted by molar-refractivity contribution is 5.88. The molecule has 2 saturated carbocycles. The zero-order valence-corrected chi connectivity index (χ0v) is 24.5. The summed E-state index contributed by atoms with van der Waals surface area (Å²) in [5.74, 6) is -1.17. The minimum atomic E-state index is -1.57. The van der Waals surface area contributed by atoms with Crippen molar-refractivity contribution in [3.05, 3.63) is 0 Å². The normalized spacial score (nSPS) is 47.2. The van der Waals surface area contributed by atoms with Gasteiger partial charge in [-0.05, 0) is 57.5 Å². The van der Waals surface area contributed by atoms with Crippen LogP contribution in [0.15, 0.2) is 0 Å². The second-order valence-corrected chi connectivity index (χ2v) is 12.6. The lowest BCUT2D eigenvalue weighted by Crippen LogP contribution is -2.66. The van der Waals surface area contributed by atoms with Gasteiger partial charge >= 0.3 is 0 Å². The molecule has 4 fully saturated rings. The maximum atomic E-state index is 13.2. The van der Waals surface area contributed by atoms with Crippen LogP contribution in [0, 0.1) is 5.92 Å². The summed E-state index contributed by atoms with van der Waals surface area (Å²) < 4.78 is 24.2. The Kier molecular flexibility index (Phi) is 12.3. The van der Waals surface area contributed by atoms with E-state index in [-0.39, 0.29) is 50.4 Å². The molecule has 0 radical (unpaired) electrons. The molecule has 16 heteroatoms. The average Bonchev–Trinajstić information content (AvgIpc) is 2.96. The largest absolute Gasteiger partial charge is 0.394 e. The number of rotatable bonds is 13. The van der Waals surface area contributed by atoms with E-state index in [1.165, 1.54) is 0 Å². The molecule has 2 aliphatic carbocycles. The molecule has 16 nitrogen and oxygen atoms in total. The molecule has 0 aromatic heterocycles. The van der Waals surface area contributed by atoms with E-state index in [0.29, 0.717) is 25.9 Å². The summed E-state index contributed by atoms with van der Waals surface area (Å²) in [6, 6.07) is -2.49. The van der Waals surface area contributed by atoms with E-state index in [0.717, 1.165) is 6.42 Å². The highest BCUT2D eigenvalue weighted by Gasteiger charge is 2.53. The van der Waals surface area contributed by atoms with Gasteiger partial charge in [0.05, 0.1) is 30.9 Å². The third-order valence-electron chi connectivity index (χ3n) is 9.33. The molecule has 16 N–H and O–H groups in total. The van der Waals surface area contributed by atoms with Gasteiger partial charge in [0, 0.05) is 25.0 Å². The van der Waals surface area contributed by atoms with Crippen LogP contribution in [0.2, 0.25) is 0 Å². The summed E-state index contributed by atoms with van der Waals surface area (Å²) in [5.41, 5.74) is 28.3. The maximum absolute atomic E-state index is 13.2. The Hall–Kier alpha value is -0.930. The fourth-order valence-electron chi connectivity index (χ4n) is 6.65. The summed E-state index contributed by atoms with van der Waals surface area (Å²) in [4.78, 5) is 13.2. The van der Waals surface area contributed by atoms with E-state index >= 15 is 0 Å². The van der Waals surface area contributed by atoms with Crippen LogP contribution in [-0.4, -0.2) is 143 Å². The van der Waals surface area contributed by atoms with Crippen molar-refractivity contribution in [2.45, 2.75) is 130 Å². The summed E-state index contributed by atoms with van der Waals surface area (Å²) in [7, 11) is 0. The van der Waals surface area contributed by atoms with Crippen molar-refractivity contribution >= 4 is 5.78 Å². The summed E-state index contributed by atoms with van der Waals surface area (Å²) in [5, 5.41) is 56.6.